The summed E-state index contributed by atoms with van der Waals surface area (Å²) in [5.41, 5.74) is 3.35. The van der Waals surface area contributed by atoms with E-state index >= 15 is 0 Å². The normalized spacial score (nSPS) is 19.6. The Kier molecular flexibility index (Phi) is 2.33. The van der Waals surface area contributed by atoms with Crippen molar-refractivity contribution in [1.29, 1.82) is 0 Å². The highest BCUT2D eigenvalue weighted by Gasteiger charge is 2.34. The Hall–Kier alpha value is -1.31. The summed E-state index contributed by atoms with van der Waals surface area (Å²) in [6.07, 6.45) is 0. The summed E-state index contributed by atoms with van der Waals surface area (Å²) in [7, 11) is 0. The van der Waals surface area contributed by atoms with Gasteiger partial charge in [0.25, 0.3) is 0 Å². The molecule has 0 aliphatic carbocycles. The van der Waals surface area contributed by atoms with Gasteiger partial charge in [0, 0.05) is 11.1 Å². The van der Waals surface area contributed by atoms with E-state index in [2.05, 4.69) is 39.8 Å². The first-order valence-electron chi connectivity index (χ1n) is 5.67. The quantitative estimate of drug-likeness (QED) is 0.493. The molecule has 0 saturated carbocycles. The zero-order chi connectivity index (χ0) is 12.1. The van der Waals surface area contributed by atoms with E-state index in [9.17, 15) is 4.79 Å². The van der Waals surface area contributed by atoms with E-state index in [4.69, 9.17) is 4.74 Å². The summed E-state index contributed by atoms with van der Waals surface area (Å²) in [6.45, 7) is 10.4. The summed E-state index contributed by atoms with van der Waals surface area (Å²) in [5.74, 6) is 0.526. The van der Waals surface area contributed by atoms with E-state index in [1.807, 2.05) is 6.92 Å². The molecule has 0 bridgehead atoms. The van der Waals surface area contributed by atoms with Gasteiger partial charge in [-0.05, 0) is 19.3 Å². The molecule has 2 rings (SSSR count). The number of aryl methyl sites for hydroxylation is 1. The number of fused-ring (bicyclic) bond motifs is 1. The zero-order valence-corrected chi connectivity index (χ0v) is 10.5. The second-order valence-corrected chi connectivity index (χ2v) is 5.62. The van der Waals surface area contributed by atoms with Gasteiger partial charge in [-0.1, -0.05) is 38.5 Å². The van der Waals surface area contributed by atoms with Crippen LogP contribution in [0, 0.1) is 6.92 Å². The van der Waals surface area contributed by atoms with Gasteiger partial charge in [0.15, 0.2) is 0 Å². The van der Waals surface area contributed by atoms with Crippen molar-refractivity contribution < 1.29 is 9.53 Å². The van der Waals surface area contributed by atoms with E-state index in [1.54, 1.807) is 0 Å². The van der Waals surface area contributed by atoms with Gasteiger partial charge in [-0.25, -0.2) is 0 Å². The lowest BCUT2D eigenvalue weighted by Crippen LogP contribution is -2.13. The first-order chi connectivity index (χ1) is 7.30. The molecule has 1 atom stereocenters. The SMILES string of the molecule is Cc1cc2c(c(C(C)(C)C)c1)OC(=O)C2C. The van der Waals surface area contributed by atoms with Gasteiger partial charge in [0.1, 0.15) is 5.75 Å². The van der Waals surface area contributed by atoms with Gasteiger partial charge in [0.2, 0.25) is 0 Å². The highest BCUT2D eigenvalue weighted by Crippen LogP contribution is 2.42. The van der Waals surface area contributed by atoms with Gasteiger partial charge in [0.05, 0.1) is 5.92 Å². The summed E-state index contributed by atoms with van der Waals surface area (Å²) in [6, 6.07) is 4.17. The third kappa shape index (κ3) is 1.62. The van der Waals surface area contributed by atoms with Crippen molar-refractivity contribution in [2.24, 2.45) is 0 Å². The molecule has 0 amide bonds. The van der Waals surface area contributed by atoms with Crippen molar-refractivity contribution in [3.63, 3.8) is 0 Å². The molecular formula is C14H18O2. The van der Waals surface area contributed by atoms with Crippen LogP contribution in [0.3, 0.4) is 0 Å². The number of ether oxygens (including phenoxy) is 1. The fourth-order valence-corrected chi connectivity index (χ4v) is 2.11. The number of carbonyl (C=O) groups excluding carboxylic acids is 1. The second kappa shape index (κ2) is 3.34. The summed E-state index contributed by atoms with van der Waals surface area (Å²) >= 11 is 0. The summed E-state index contributed by atoms with van der Waals surface area (Å²) in [4.78, 5) is 11.6. The molecule has 1 heterocycles. The molecule has 0 aromatic heterocycles. The molecule has 0 fully saturated rings. The number of hydrogen-bond acceptors (Lipinski definition) is 2. The predicted molar refractivity (Wildman–Crippen MR) is 63.9 cm³/mol. The van der Waals surface area contributed by atoms with Crippen LogP contribution in [-0.4, -0.2) is 5.97 Å². The third-order valence-corrected chi connectivity index (χ3v) is 3.09. The van der Waals surface area contributed by atoms with Gasteiger partial charge >= 0.3 is 5.97 Å². The number of carbonyl (C=O) groups is 1. The smallest absolute Gasteiger partial charge is 0.318 e. The zero-order valence-electron chi connectivity index (χ0n) is 10.5. The highest BCUT2D eigenvalue weighted by molar-refractivity contribution is 5.86. The molecule has 1 unspecified atom stereocenters. The molecular weight excluding hydrogens is 200 g/mol. The van der Waals surface area contributed by atoms with Crippen molar-refractivity contribution in [3.05, 3.63) is 28.8 Å². The van der Waals surface area contributed by atoms with Crippen LogP contribution in [-0.2, 0) is 10.2 Å². The lowest BCUT2D eigenvalue weighted by atomic mass is 9.83. The molecule has 1 aromatic carbocycles. The molecule has 86 valence electrons. The first kappa shape index (κ1) is 11.2. The van der Waals surface area contributed by atoms with Crippen LogP contribution in [0.1, 0.15) is 50.3 Å². The molecule has 1 aliphatic rings. The molecule has 0 saturated heterocycles. The Morgan fingerprint density at radius 2 is 1.88 bits per heavy atom. The van der Waals surface area contributed by atoms with Gasteiger partial charge in [-0.3, -0.25) is 4.79 Å². The standard InChI is InChI=1S/C14H18O2/c1-8-6-10-9(2)13(15)16-12(10)11(7-8)14(3,4)5/h6-7,9H,1-5H3. The van der Waals surface area contributed by atoms with Crippen LogP contribution in [0.5, 0.6) is 5.75 Å². The van der Waals surface area contributed by atoms with Crippen LogP contribution in [0.2, 0.25) is 0 Å². The van der Waals surface area contributed by atoms with Crippen LogP contribution >= 0.6 is 0 Å². The molecule has 2 heteroatoms. The fraction of sp³-hybridized carbons (Fsp3) is 0.500. The first-order valence-corrected chi connectivity index (χ1v) is 5.67. The number of esters is 1. The van der Waals surface area contributed by atoms with E-state index in [-0.39, 0.29) is 17.3 Å². The minimum absolute atomic E-state index is 0.000440. The summed E-state index contributed by atoms with van der Waals surface area (Å²) < 4.78 is 5.39. The Labute approximate surface area is 96.6 Å². The maximum absolute atomic E-state index is 11.6. The molecule has 1 aliphatic heterocycles. The van der Waals surface area contributed by atoms with Gasteiger partial charge in [-0.2, -0.15) is 0 Å². The number of hydrogen-bond donors (Lipinski definition) is 0. The van der Waals surface area contributed by atoms with Crippen molar-refractivity contribution >= 4 is 5.97 Å². The van der Waals surface area contributed by atoms with Crippen LogP contribution in [0.15, 0.2) is 12.1 Å². The maximum Gasteiger partial charge on any atom is 0.318 e. The highest BCUT2D eigenvalue weighted by atomic mass is 16.5. The maximum atomic E-state index is 11.6. The summed E-state index contributed by atoms with van der Waals surface area (Å²) in [5, 5.41) is 0. The van der Waals surface area contributed by atoms with Gasteiger partial charge in [-0.15, -0.1) is 0 Å². The Bertz CT molecular complexity index is 453. The van der Waals surface area contributed by atoms with Crippen molar-refractivity contribution in [1.82, 2.24) is 0 Å². The molecule has 0 N–H and O–H groups in total. The Balaban J connectivity index is 2.67. The minimum atomic E-state index is -0.133. The number of rotatable bonds is 0. The average Bonchev–Trinajstić information content (AvgIpc) is 2.42. The molecule has 2 nitrogen and oxygen atoms in total. The predicted octanol–water partition coefficient (Wildman–Crippen LogP) is 3.32. The van der Waals surface area contributed by atoms with Crippen molar-refractivity contribution in [2.45, 2.75) is 46.0 Å². The largest absolute Gasteiger partial charge is 0.425 e. The lowest BCUT2D eigenvalue weighted by Gasteiger charge is -2.22. The minimum Gasteiger partial charge on any atom is -0.425 e. The van der Waals surface area contributed by atoms with E-state index in [0.717, 1.165) is 16.9 Å². The lowest BCUT2D eigenvalue weighted by molar-refractivity contribution is -0.133. The molecule has 0 radical (unpaired) electrons. The van der Waals surface area contributed by atoms with E-state index in [1.165, 1.54) is 5.56 Å². The average molecular weight is 218 g/mol. The molecule has 0 spiro atoms. The fourth-order valence-electron chi connectivity index (χ4n) is 2.11. The monoisotopic (exact) mass is 218 g/mol. The van der Waals surface area contributed by atoms with Crippen molar-refractivity contribution in [3.8, 4) is 5.75 Å². The topological polar surface area (TPSA) is 26.3 Å². The third-order valence-electron chi connectivity index (χ3n) is 3.09. The molecule has 1 aromatic rings. The van der Waals surface area contributed by atoms with Crippen LogP contribution in [0.4, 0.5) is 0 Å². The van der Waals surface area contributed by atoms with Gasteiger partial charge < -0.3 is 4.74 Å². The molecule has 16 heavy (non-hydrogen) atoms. The number of benzene rings is 1. The van der Waals surface area contributed by atoms with E-state index < -0.39 is 0 Å². The van der Waals surface area contributed by atoms with Crippen molar-refractivity contribution in [2.75, 3.05) is 0 Å². The second-order valence-electron chi connectivity index (χ2n) is 5.62. The van der Waals surface area contributed by atoms with Crippen LogP contribution < -0.4 is 4.74 Å². The Morgan fingerprint density at radius 3 is 2.44 bits per heavy atom. The Morgan fingerprint density at radius 1 is 1.25 bits per heavy atom. The van der Waals surface area contributed by atoms with E-state index in [0.29, 0.717) is 0 Å². The van der Waals surface area contributed by atoms with Crippen LogP contribution in [0.25, 0.3) is 0 Å².